The van der Waals surface area contributed by atoms with E-state index in [2.05, 4.69) is 0 Å². The Labute approximate surface area is 106 Å². The zero-order valence-electron chi connectivity index (χ0n) is 6.35. The van der Waals surface area contributed by atoms with E-state index < -0.39 is 0 Å². The second-order valence-corrected chi connectivity index (χ2v) is 2.32. The van der Waals surface area contributed by atoms with Crippen molar-refractivity contribution in [2.24, 2.45) is 5.92 Å². The SMILES string of the molecule is CC=CCC(C)C(C)=O.[KH]. The van der Waals surface area contributed by atoms with E-state index in [4.69, 9.17) is 0 Å². The topological polar surface area (TPSA) is 17.1 Å². The van der Waals surface area contributed by atoms with Crippen molar-refractivity contribution in [3.05, 3.63) is 12.2 Å². The van der Waals surface area contributed by atoms with Crippen molar-refractivity contribution in [1.82, 2.24) is 0 Å². The standard InChI is InChI=1S/C8H14O.K.H/c1-4-5-6-7(2)8(3)9;;/h4-5,7H,6H2,1-3H3;;. The van der Waals surface area contributed by atoms with Gasteiger partial charge in [0.05, 0.1) is 0 Å². The number of ketones is 1. The molecule has 0 radical (unpaired) electrons. The molecule has 0 rings (SSSR count). The van der Waals surface area contributed by atoms with Crippen molar-refractivity contribution in [3.8, 4) is 0 Å². The molecule has 0 saturated carbocycles. The van der Waals surface area contributed by atoms with Crippen LogP contribution in [0.2, 0.25) is 0 Å². The Morgan fingerprint density at radius 3 is 2.40 bits per heavy atom. The van der Waals surface area contributed by atoms with Crippen LogP contribution in [0.3, 0.4) is 0 Å². The second kappa shape index (κ2) is 8.15. The summed E-state index contributed by atoms with van der Waals surface area (Å²) in [5.74, 6) is 0.467. The van der Waals surface area contributed by atoms with E-state index in [1.807, 2.05) is 26.0 Å². The molecule has 10 heavy (non-hydrogen) atoms. The number of Topliss-reactive ketones (excluding diaryl/α,β-unsaturated/α-hetero) is 1. The maximum absolute atomic E-state index is 10.6. The molecule has 2 heteroatoms. The van der Waals surface area contributed by atoms with Gasteiger partial charge in [-0.05, 0) is 20.3 Å². The molecule has 1 atom stereocenters. The molecule has 0 amide bonds. The number of hydrogen-bond acceptors (Lipinski definition) is 1. The van der Waals surface area contributed by atoms with Crippen molar-refractivity contribution < 1.29 is 4.79 Å². The predicted molar refractivity (Wildman–Crippen MR) is 46.4 cm³/mol. The van der Waals surface area contributed by atoms with Crippen LogP contribution in [-0.4, -0.2) is 57.2 Å². The van der Waals surface area contributed by atoms with Gasteiger partial charge in [-0.25, -0.2) is 0 Å². The van der Waals surface area contributed by atoms with Gasteiger partial charge in [0.1, 0.15) is 5.78 Å². The molecule has 0 aromatic rings. The molecule has 0 saturated heterocycles. The molecule has 1 unspecified atom stereocenters. The van der Waals surface area contributed by atoms with E-state index >= 15 is 0 Å². The third kappa shape index (κ3) is 7.16. The van der Waals surface area contributed by atoms with Crippen molar-refractivity contribution in [2.45, 2.75) is 27.2 Å². The first-order valence-electron chi connectivity index (χ1n) is 3.30. The van der Waals surface area contributed by atoms with Gasteiger partial charge in [0.15, 0.2) is 0 Å². The second-order valence-electron chi connectivity index (χ2n) is 2.32. The van der Waals surface area contributed by atoms with Crippen LogP contribution in [0, 0.1) is 5.92 Å². The first-order chi connectivity index (χ1) is 4.18. The number of hydrogen-bond donors (Lipinski definition) is 0. The monoisotopic (exact) mass is 166 g/mol. The quantitative estimate of drug-likeness (QED) is 0.459. The molecule has 54 valence electrons. The van der Waals surface area contributed by atoms with E-state index in [9.17, 15) is 4.79 Å². The van der Waals surface area contributed by atoms with Crippen molar-refractivity contribution in [1.29, 1.82) is 0 Å². The summed E-state index contributed by atoms with van der Waals surface area (Å²) in [6.07, 6.45) is 4.87. The molecule has 0 heterocycles. The first kappa shape index (κ1) is 13.6. The molecule has 0 fully saturated rings. The number of carbonyl (C=O) groups excluding carboxylic acids is 1. The third-order valence-electron chi connectivity index (χ3n) is 1.42. The van der Waals surface area contributed by atoms with Gasteiger partial charge in [0.25, 0.3) is 0 Å². The van der Waals surface area contributed by atoms with Gasteiger partial charge in [0.2, 0.25) is 0 Å². The molecule has 1 nitrogen and oxygen atoms in total. The minimum atomic E-state index is 0. The van der Waals surface area contributed by atoms with Gasteiger partial charge in [0, 0.05) is 5.92 Å². The molecule has 0 N–H and O–H groups in total. The summed E-state index contributed by atoms with van der Waals surface area (Å²) in [7, 11) is 0. The third-order valence-corrected chi connectivity index (χ3v) is 1.42. The van der Waals surface area contributed by atoms with Crippen LogP contribution < -0.4 is 0 Å². The Bertz CT molecular complexity index is 118. The molecule has 0 bridgehead atoms. The maximum atomic E-state index is 10.6. The summed E-state index contributed by atoms with van der Waals surface area (Å²) < 4.78 is 0. The van der Waals surface area contributed by atoms with E-state index in [1.54, 1.807) is 6.92 Å². The summed E-state index contributed by atoms with van der Waals surface area (Å²) in [6, 6.07) is 0. The van der Waals surface area contributed by atoms with Gasteiger partial charge >= 0.3 is 51.4 Å². The summed E-state index contributed by atoms with van der Waals surface area (Å²) in [5.41, 5.74) is 0. The number of rotatable bonds is 3. The zero-order valence-corrected chi connectivity index (χ0v) is 6.35. The average molecular weight is 166 g/mol. The van der Waals surface area contributed by atoms with Crippen LogP contribution in [0.1, 0.15) is 27.2 Å². The molecule has 0 aliphatic heterocycles. The molecule has 0 aliphatic rings. The predicted octanol–water partition coefficient (Wildman–Crippen LogP) is 1.53. The van der Waals surface area contributed by atoms with Crippen molar-refractivity contribution in [3.63, 3.8) is 0 Å². The Morgan fingerprint density at radius 1 is 1.60 bits per heavy atom. The number of allylic oxidation sites excluding steroid dienone is 2. The zero-order chi connectivity index (χ0) is 7.28. The minimum absolute atomic E-state index is 0. The van der Waals surface area contributed by atoms with Crippen LogP contribution >= 0.6 is 0 Å². The van der Waals surface area contributed by atoms with Crippen LogP contribution in [0.15, 0.2) is 12.2 Å². The van der Waals surface area contributed by atoms with Gasteiger partial charge in [-0.1, -0.05) is 19.1 Å². The fraction of sp³-hybridized carbons (Fsp3) is 0.625. The molecular formula is C8H15KO. The summed E-state index contributed by atoms with van der Waals surface area (Å²) >= 11 is 0. The molecule has 0 aromatic heterocycles. The van der Waals surface area contributed by atoms with E-state index in [-0.39, 0.29) is 63.1 Å². The molecule has 0 aromatic carbocycles. The van der Waals surface area contributed by atoms with Crippen LogP contribution in [0.25, 0.3) is 0 Å². The Morgan fingerprint density at radius 2 is 2.10 bits per heavy atom. The van der Waals surface area contributed by atoms with E-state index in [0.29, 0.717) is 0 Å². The fourth-order valence-corrected chi connectivity index (χ4v) is 0.506. The Hall–Kier alpha value is 1.05. The molecule has 0 aliphatic carbocycles. The van der Waals surface area contributed by atoms with E-state index in [1.165, 1.54) is 0 Å². The molecule has 0 spiro atoms. The first-order valence-corrected chi connectivity index (χ1v) is 3.30. The van der Waals surface area contributed by atoms with E-state index in [0.717, 1.165) is 6.42 Å². The Kier molecular flexibility index (Phi) is 11.1. The summed E-state index contributed by atoms with van der Waals surface area (Å²) in [5, 5.41) is 0. The van der Waals surface area contributed by atoms with Gasteiger partial charge in [-0.3, -0.25) is 4.79 Å². The fourth-order valence-electron chi connectivity index (χ4n) is 0.506. The number of carbonyl (C=O) groups is 1. The van der Waals surface area contributed by atoms with Crippen LogP contribution in [-0.2, 0) is 4.79 Å². The van der Waals surface area contributed by atoms with Crippen molar-refractivity contribution >= 4 is 57.2 Å². The Balaban J connectivity index is 0. The average Bonchev–Trinajstić information content (AvgIpc) is 1.82. The van der Waals surface area contributed by atoms with Gasteiger partial charge in [-0.2, -0.15) is 0 Å². The van der Waals surface area contributed by atoms with Crippen LogP contribution in [0.5, 0.6) is 0 Å². The normalized spacial score (nSPS) is 12.7. The summed E-state index contributed by atoms with van der Waals surface area (Å²) in [6.45, 7) is 5.54. The van der Waals surface area contributed by atoms with Gasteiger partial charge in [-0.15, -0.1) is 0 Å². The summed E-state index contributed by atoms with van der Waals surface area (Å²) in [4.78, 5) is 10.6. The molecular weight excluding hydrogens is 151 g/mol. The van der Waals surface area contributed by atoms with Gasteiger partial charge < -0.3 is 0 Å². The van der Waals surface area contributed by atoms with Crippen molar-refractivity contribution in [2.75, 3.05) is 0 Å². The van der Waals surface area contributed by atoms with Crippen LogP contribution in [0.4, 0.5) is 0 Å².